The molecular weight excluding hydrogens is 282 g/mol. The van der Waals surface area contributed by atoms with Crippen molar-refractivity contribution in [3.05, 3.63) is 28.2 Å². The topological polar surface area (TPSA) is 40.5 Å². The first-order chi connectivity index (χ1) is 7.97. The van der Waals surface area contributed by atoms with Gasteiger partial charge in [-0.1, -0.05) is 29.3 Å². The van der Waals surface area contributed by atoms with E-state index in [1.807, 2.05) is 6.92 Å². The van der Waals surface area contributed by atoms with E-state index in [-0.39, 0.29) is 17.7 Å². The Hall–Kier alpha value is -1.03. The highest BCUT2D eigenvalue weighted by Crippen LogP contribution is 2.24. The highest BCUT2D eigenvalue weighted by Gasteiger charge is 2.19. The summed E-state index contributed by atoms with van der Waals surface area (Å²) in [6.07, 6.45) is 1.99. The number of phenols is 1. The van der Waals surface area contributed by atoms with E-state index in [9.17, 15) is 9.90 Å². The lowest BCUT2D eigenvalue weighted by Crippen LogP contribution is -2.34. The first-order valence-electron chi connectivity index (χ1n) is 5.73. The number of rotatable bonds is 4. The fourth-order valence-electron chi connectivity index (χ4n) is 1.69. The third kappa shape index (κ3) is 3.46. The number of aromatic hydroxyl groups is 1. The largest absolute Gasteiger partial charge is 0.507 e. The van der Waals surface area contributed by atoms with Gasteiger partial charge in [0.15, 0.2) is 0 Å². The van der Waals surface area contributed by atoms with Crippen LogP contribution in [0.15, 0.2) is 22.7 Å². The van der Waals surface area contributed by atoms with Crippen LogP contribution in [0.1, 0.15) is 37.0 Å². The van der Waals surface area contributed by atoms with E-state index in [4.69, 9.17) is 0 Å². The van der Waals surface area contributed by atoms with Crippen molar-refractivity contribution in [3.8, 4) is 5.75 Å². The number of carbonyl (C=O) groups excluding carboxylic acids is 1. The maximum Gasteiger partial charge on any atom is 0.257 e. The third-order valence-electron chi connectivity index (χ3n) is 2.88. The smallest absolute Gasteiger partial charge is 0.257 e. The summed E-state index contributed by atoms with van der Waals surface area (Å²) in [4.78, 5) is 13.8. The number of carbonyl (C=O) groups is 1. The summed E-state index contributed by atoms with van der Waals surface area (Å²) in [5.41, 5.74) is 0.346. The van der Waals surface area contributed by atoms with Crippen LogP contribution in [0.5, 0.6) is 5.75 Å². The van der Waals surface area contributed by atoms with Gasteiger partial charge in [-0.2, -0.15) is 0 Å². The maximum atomic E-state index is 12.1. The SMILES string of the molecule is CCCC(C)N(C)C(=O)c1ccc(Br)cc1O. The fraction of sp³-hybridized carbons (Fsp3) is 0.462. The van der Waals surface area contributed by atoms with Crippen molar-refractivity contribution in [2.75, 3.05) is 7.05 Å². The Morgan fingerprint density at radius 3 is 2.71 bits per heavy atom. The number of phenolic OH excluding ortho intramolecular Hbond substituents is 1. The van der Waals surface area contributed by atoms with Gasteiger partial charge in [0, 0.05) is 17.6 Å². The molecule has 1 aromatic carbocycles. The monoisotopic (exact) mass is 299 g/mol. The first-order valence-corrected chi connectivity index (χ1v) is 6.52. The molecule has 0 saturated carbocycles. The highest BCUT2D eigenvalue weighted by molar-refractivity contribution is 9.10. The van der Waals surface area contributed by atoms with Gasteiger partial charge in [0.2, 0.25) is 0 Å². The van der Waals surface area contributed by atoms with Crippen molar-refractivity contribution in [2.45, 2.75) is 32.7 Å². The molecule has 4 heteroatoms. The molecule has 0 aromatic heterocycles. The normalized spacial score (nSPS) is 12.2. The van der Waals surface area contributed by atoms with Gasteiger partial charge in [-0.3, -0.25) is 4.79 Å². The minimum absolute atomic E-state index is 0.0138. The molecule has 0 spiro atoms. The van der Waals surface area contributed by atoms with Crippen molar-refractivity contribution in [3.63, 3.8) is 0 Å². The Balaban J connectivity index is 2.88. The molecule has 0 aliphatic rings. The van der Waals surface area contributed by atoms with E-state index in [2.05, 4.69) is 22.9 Å². The van der Waals surface area contributed by atoms with E-state index < -0.39 is 0 Å². The molecule has 1 aromatic rings. The van der Waals surface area contributed by atoms with Crippen molar-refractivity contribution < 1.29 is 9.90 Å². The molecule has 94 valence electrons. The Bertz CT molecular complexity index is 406. The molecular formula is C13H18BrNO2. The Morgan fingerprint density at radius 1 is 1.53 bits per heavy atom. The van der Waals surface area contributed by atoms with Gasteiger partial charge in [-0.25, -0.2) is 0 Å². The minimum atomic E-state index is -0.143. The summed E-state index contributed by atoms with van der Waals surface area (Å²) < 4.78 is 0.760. The average Bonchev–Trinajstić information content (AvgIpc) is 2.27. The summed E-state index contributed by atoms with van der Waals surface area (Å²) in [7, 11) is 1.77. The van der Waals surface area contributed by atoms with Crippen LogP contribution < -0.4 is 0 Å². The van der Waals surface area contributed by atoms with Crippen molar-refractivity contribution in [1.82, 2.24) is 4.90 Å². The van der Waals surface area contributed by atoms with Crippen LogP contribution in [0.4, 0.5) is 0 Å². The minimum Gasteiger partial charge on any atom is -0.507 e. The van der Waals surface area contributed by atoms with Gasteiger partial charge in [-0.15, -0.1) is 0 Å². The summed E-state index contributed by atoms with van der Waals surface area (Å²) in [5, 5.41) is 9.74. The summed E-state index contributed by atoms with van der Waals surface area (Å²) in [6, 6.07) is 5.10. The van der Waals surface area contributed by atoms with Gasteiger partial charge >= 0.3 is 0 Å². The Morgan fingerprint density at radius 2 is 2.18 bits per heavy atom. The van der Waals surface area contributed by atoms with Gasteiger partial charge in [0.25, 0.3) is 5.91 Å². The number of nitrogens with zero attached hydrogens (tertiary/aromatic N) is 1. The summed E-state index contributed by atoms with van der Waals surface area (Å²) in [5.74, 6) is -0.129. The number of halogens is 1. The van der Waals surface area contributed by atoms with Gasteiger partial charge < -0.3 is 10.0 Å². The predicted molar refractivity (Wildman–Crippen MR) is 72.3 cm³/mol. The van der Waals surface area contributed by atoms with E-state index >= 15 is 0 Å². The molecule has 0 saturated heterocycles. The average molecular weight is 300 g/mol. The Kier molecular flexibility index (Phi) is 5.00. The lowest BCUT2D eigenvalue weighted by molar-refractivity contribution is 0.0733. The van der Waals surface area contributed by atoms with Crippen LogP contribution in [0, 0.1) is 0 Å². The molecule has 17 heavy (non-hydrogen) atoms. The molecule has 1 unspecified atom stereocenters. The second kappa shape index (κ2) is 6.05. The number of benzene rings is 1. The molecule has 1 amide bonds. The van der Waals surface area contributed by atoms with Crippen LogP contribution in [-0.2, 0) is 0 Å². The maximum absolute atomic E-state index is 12.1. The zero-order valence-corrected chi connectivity index (χ0v) is 12.0. The molecule has 0 fully saturated rings. The molecule has 0 heterocycles. The molecule has 1 atom stereocenters. The third-order valence-corrected chi connectivity index (χ3v) is 3.37. The van der Waals surface area contributed by atoms with Crippen LogP contribution in [0.2, 0.25) is 0 Å². The molecule has 1 N–H and O–H groups in total. The lowest BCUT2D eigenvalue weighted by Gasteiger charge is -2.25. The molecule has 1 rings (SSSR count). The van der Waals surface area contributed by atoms with E-state index in [1.165, 1.54) is 6.07 Å². The van der Waals surface area contributed by atoms with Crippen molar-refractivity contribution in [2.24, 2.45) is 0 Å². The fourth-order valence-corrected chi connectivity index (χ4v) is 2.04. The van der Waals surface area contributed by atoms with Gasteiger partial charge in [0.1, 0.15) is 5.75 Å². The lowest BCUT2D eigenvalue weighted by atomic mass is 10.1. The quantitative estimate of drug-likeness (QED) is 0.925. The highest BCUT2D eigenvalue weighted by atomic mass is 79.9. The van der Waals surface area contributed by atoms with Crippen molar-refractivity contribution in [1.29, 1.82) is 0 Å². The molecule has 0 bridgehead atoms. The molecule has 0 radical (unpaired) electrons. The summed E-state index contributed by atoms with van der Waals surface area (Å²) in [6.45, 7) is 4.10. The zero-order valence-electron chi connectivity index (χ0n) is 10.4. The zero-order chi connectivity index (χ0) is 13.0. The van der Waals surface area contributed by atoms with Crippen LogP contribution >= 0.6 is 15.9 Å². The number of amides is 1. The van der Waals surface area contributed by atoms with E-state index in [1.54, 1.807) is 24.1 Å². The van der Waals surface area contributed by atoms with Gasteiger partial charge in [0.05, 0.1) is 5.56 Å². The summed E-state index contributed by atoms with van der Waals surface area (Å²) >= 11 is 3.25. The number of hydrogen-bond acceptors (Lipinski definition) is 2. The van der Waals surface area contributed by atoms with Gasteiger partial charge in [-0.05, 0) is 31.5 Å². The molecule has 0 aliphatic carbocycles. The van der Waals surface area contributed by atoms with Crippen LogP contribution in [0.3, 0.4) is 0 Å². The van der Waals surface area contributed by atoms with Crippen molar-refractivity contribution >= 4 is 21.8 Å². The van der Waals surface area contributed by atoms with Crippen LogP contribution in [0.25, 0.3) is 0 Å². The predicted octanol–water partition coefficient (Wildman–Crippen LogP) is 3.42. The first kappa shape index (κ1) is 14.0. The number of hydrogen-bond donors (Lipinski definition) is 1. The second-order valence-corrected chi connectivity index (χ2v) is 5.13. The Labute approximate surface area is 111 Å². The molecule has 0 aliphatic heterocycles. The molecule has 3 nitrogen and oxygen atoms in total. The standard InChI is InChI=1S/C13H18BrNO2/c1-4-5-9(2)15(3)13(17)11-7-6-10(14)8-12(11)16/h6-9,16H,4-5H2,1-3H3. The van der Waals surface area contributed by atoms with E-state index in [0.29, 0.717) is 5.56 Å². The second-order valence-electron chi connectivity index (χ2n) is 4.22. The van der Waals surface area contributed by atoms with Crippen LogP contribution in [-0.4, -0.2) is 29.0 Å². The van der Waals surface area contributed by atoms with E-state index in [0.717, 1.165) is 17.3 Å².